The molecule has 111 valence electrons. The van der Waals surface area contributed by atoms with Crippen LogP contribution in [0.4, 0.5) is 0 Å². The molecule has 5 nitrogen and oxygen atoms in total. The Labute approximate surface area is 128 Å². The molecule has 1 radical (unpaired) electrons. The van der Waals surface area contributed by atoms with E-state index in [1.807, 2.05) is 0 Å². The summed E-state index contributed by atoms with van der Waals surface area (Å²) in [6, 6.07) is 6.55. The quantitative estimate of drug-likeness (QED) is 0.446. The van der Waals surface area contributed by atoms with E-state index in [0.717, 1.165) is 0 Å². The molecule has 6 heteroatoms. The molecule has 0 saturated heterocycles. The number of ether oxygens (including phenoxy) is 1. The first-order valence-corrected chi connectivity index (χ1v) is 6.79. The summed E-state index contributed by atoms with van der Waals surface area (Å²) in [7, 11) is 0. The summed E-state index contributed by atoms with van der Waals surface area (Å²) in [5.41, 5.74) is 6.63. The van der Waals surface area contributed by atoms with E-state index in [1.54, 1.807) is 30.6 Å². The highest BCUT2D eigenvalue weighted by Crippen LogP contribution is 2.13. The van der Waals surface area contributed by atoms with Crippen molar-refractivity contribution in [1.29, 1.82) is 0 Å². The smallest absolute Gasteiger partial charge is 0.302 e. The van der Waals surface area contributed by atoms with Crippen LogP contribution in [0.1, 0.15) is 35.7 Å². The number of rotatable bonds is 8. The summed E-state index contributed by atoms with van der Waals surface area (Å²) in [4.78, 5) is 33.8. The highest BCUT2D eigenvalue weighted by Gasteiger charge is 2.16. The molecule has 0 aliphatic heterocycles. The Morgan fingerprint density at radius 3 is 2.33 bits per heavy atom. The van der Waals surface area contributed by atoms with Crippen LogP contribution >= 0.6 is 12.2 Å². The van der Waals surface area contributed by atoms with Gasteiger partial charge in [0.2, 0.25) is 6.29 Å². The van der Waals surface area contributed by atoms with E-state index in [-0.39, 0.29) is 30.2 Å². The Bertz CT molecular complexity index is 539. The monoisotopic (exact) mass is 306 g/mol. The maximum Gasteiger partial charge on any atom is 0.302 e. The minimum atomic E-state index is -0.591. The van der Waals surface area contributed by atoms with Crippen LogP contribution in [0.2, 0.25) is 0 Å². The number of carbonyl (C=O) groups is 2. The van der Waals surface area contributed by atoms with E-state index in [0.29, 0.717) is 11.1 Å². The predicted molar refractivity (Wildman–Crippen MR) is 81.7 cm³/mol. The number of esters is 1. The molecule has 21 heavy (non-hydrogen) atoms. The second kappa shape index (κ2) is 8.26. The lowest BCUT2D eigenvalue weighted by Crippen LogP contribution is -2.14. The van der Waals surface area contributed by atoms with Gasteiger partial charge in [-0.1, -0.05) is 36.5 Å². The van der Waals surface area contributed by atoms with Gasteiger partial charge in [-0.05, 0) is 6.42 Å². The summed E-state index contributed by atoms with van der Waals surface area (Å²) in [5, 5.41) is 0. The number of ketones is 1. The van der Waals surface area contributed by atoms with Gasteiger partial charge in [0.05, 0.1) is 6.61 Å². The molecule has 0 amide bonds. The third kappa shape index (κ3) is 5.83. The summed E-state index contributed by atoms with van der Waals surface area (Å²) in [6.45, 7) is 1.39. The van der Waals surface area contributed by atoms with Crippen LogP contribution in [-0.4, -0.2) is 29.6 Å². The molecule has 0 saturated carbocycles. The summed E-state index contributed by atoms with van der Waals surface area (Å²) >= 11 is 4.83. The van der Waals surface area contributed by atoms with Crippen molar-refractivity contribution < 1.29 is 19.1 Å². The zero-order valence-corrected chi connectivity index (χ0v) is 12.4. The molecular formula is C15H16NO4S. The van der Waals surface area contributed by atoms with Gasteiger partial charge < -0.3 is 10.5 Å². The van der Waals surface area contributed by atoms with E-state index >= 15 is 0 Å². The lowest BCUT2D eigenvalue weighted by molar-refractivity contribution is -0.141. The van der Waals surface area contributed by atoms with Gasteiger partial charge in [-0.2, -0.15) is 0 Å². The lowest BCUT2D eigenvalue weighted by atomic mass is 9.96. The molecule has 0 aliphatic rings. The molecule has 0 aromatic heterocycles. The fourth-order valence-electron chi connectivity index (χ4n) is 1.71. The van der Waals surface area contributed by atoms with Crippen molar-refractivity contribution in [2.45, 2.75) is 19.8 Å². The predicted octanol–water partition coefficient (Wildman–Crippen LogP) is 1.57. The van der Waals surface area contributed by atoms with Crippen molar-refractivity contribution in [3.63, 3.8) is 0 Å². The Balaban J connectivity index is 2.59. The average Bonchev–Trinajstić information content (AvgIpc) is 2.45. The molecule has 1 aromatic rings. The number of carbonyl (C=O) groups excluding carboxylic acids is 3. The summed E-state index contributed by atoms with van der Waals surface area (Å²) in [6.07, 6.45) is 2.11. The normalized spacial score (nSPS) is 11.5. The first-order chi connectivity index (χ1) is 9.93. The minimum Gasteiger partial charge on any atom is -0.466 e. The zero-order valence-electron chi connectivity index (χ0n) is 11.6. The topological polar surface area (TPSA) is 86.5 Å². The van der Waals surface area contributed by atoms with E-state index in [2.05, 4.69) is 0 Å². The number of benzene rings is 1. The number of hydrogen-bond donors (Lipinski definition) is 1. The molecule has 0 bridgehead atoms. The SMILES string of the molecule is CC(=O)OCCC([C]=O)CC(=O)c1ccc(C(N)=S)cc1. The fraction of sp³-hybridized carbons (Fsp3) is 0.333. The van der Waals surface area contributed by atoms with Crippen LogP contribution in [-0.2, 0) is 14.3 Å². The van der Waals surface area contributed by atoms with Gasteiger partial charge in [-0.15, -0.1) is 0 Å². The number of thiocarbonyl (C=S) groups is 1. The molecular weight excluding hydrogens is 290 g/mol. The first kappa shape index (κ1) is 17.0. The van der Waals surface area contributed by atoms with Crippen LogP contribution in [0.3, 0.4) is 0 Å². The summed E-state index contributed by atoms with van der Waals surface area (Å²) in [5.74, 6) is -1.19. The van der Waals surface area contributed by atoms with E-state index in [9.17, 15) is 14.4 Å². The standard InChI is InChI=1S/C15H16NO4S/c1-10(18)20-7-6-11(9-17)8-14(19)12-2-4-13(5-3-12)15(16)21/h2-5,11H,6-8H2,1H3,(H2,16,21). The van der Waals surface area contributed by atoms with Crippen molar-refractivity contribution in [3.8, 4) is 0 Å². The minimum absolute atomic E-state index is 0.0250. The maximum atomic E-state index is 12.0. The average molecular weight is 306 g/mol. The molecule has 1 rings (SSSR count). The van der Waals surface area contributed by atoms with Crippen LogP contribution < -0.4 is 5.73 Å². The second-order valence-electron chi connectivity index (χ2n) is 4.51. The van der Waals surface area contributed by atoms with Gasteiger partial charge in [-0.3, -0.25) is 14.4 Å². The molecule has 0 fully saturated rings. The fourth-order valence-corrected chi connectivity index (χ4v) is 1.85. The molecule has 2 N–H and O–H groups in total. The van der Waals surface area contributed by atoms with Crippen LogP contribution in [0.5, 0.6) is 0 Å². The van der Waals surface area contributed by atoms with Gasteiger partial charge in [0.25, 0.3) is 0 Å². The van der Waals surface area contributed by atoms with Gasteiger partial charge in [0.1, 0.15) is 4.99 Å². The maximum absolute atomic E-state index is 12.0. The van der Waals surface area contributed by atoms with Crippen molar-refractivity contribution in [2.24, 2.45) is 11.7 Å². The van der Waals surface area contributed by atoms with Gasteiger partial charge in [0.15, 0.2) is 5.78 Å². The number of nitrogens with two attached hydrogens (primary N) is 1. The van der Waals surface area contributed by atoms with Gasteiger partial charge >= 0.3 is 5.97 Å². The van der Waals surface area contributed by atoms with Crippen LogP contribution in [0, 0.1) is 5.92 Å². The number of hydrogen-bond acceptors (Lipinski definition) is 5. The zero-order chi connectivity index (χ0) is 15.8. The largest absolute Gasteiger partial charge is 0.466 e. The Morgan fingerprint density at radius 2 is 1.86 bits per heavy atom. The van der Waals surface area contributed by atoms with Crippen LogP contribution in [0.25, 0.3) is 0 Å². The van der Waals surface area contributed by atoms with Crippen molar-refractivity contribution in [3.05, 3.63) is 35.4 Å². The Hall–Kier alpha value is -2.08. The highest BCUT2D eigenvalue weighted by atomic mass is 32.1. The molecule has 0 aliphatic carbocycles. The second-order valence-corrected chi connectivity index (χ2v) is 4.95. The lowest BCUT2D eigenvalue weighted by Gasteiger charge is -2.09. The highest BCUT2D eigenvalue weighted by molar-refractivity contribution is 7.80. The molecule has 0 spiro atoms. The third-order valence-electron chi connectivity index (χ3n) is 2.86. The third-order valence-corrected chi connectivity index (χ3v) is 3.10. The van der Waals surface area contributed by atoms with E-state index in [1.165, 1.54) is 6.92 Å². The summed E-state index contributed by atoms with van der Waals surface area (Å²) < 4.78 is 4.75. The van der Waals surface area contributed by atoms with Crippen molar-refractivity contribution >= 4 is 35.2 Å². The van der Waals surface area contributed by atoms with Gasteiger partial charge in [0, 0.05) is 30.4 Å². The van der Waals surface area contributed by atoms with E-state index < -0.39 is 11.9 Å². The molecule has 0 heterocycles. The molecule has 1 atom stereocenters. The van der Waals surface area contributed by atoms with Gasteiger partial charge in [-0.25, -0.2) is 0 Å². The Kier molecular flexibility index (Phi) is 6.68. The Morgan fingerprint density at radius 1 is 1.29 bits per heavy atom. The van der Waals surface area contributed by atoms with E-state index in [4.69, 9.17) is 22.7 Å². The first-order valence-electron chi connectivity index (χ1n) is 6.38. The van der Waals surface area contributed by atoms with Crippen molar-refractivity contribution in [1.82, 2.24) is 0 Å². The molecule has 1 unspecified atom stereocenters. The van der Waals surface area contributed by atoms with Crippen molar-refractivity contribution in [2.75, 3.05) is 6.61 Å². The molecule has 1 aromatic carbocycles. The number of Topliss-reactive ketones (excluding diaryl/α,β-unsaturated/α-hetero) is 1. The van der Waals surface area contributed by atoms with Crippen LogP contribution in [0.15, 0.2) is 24.3 Å².